The third kappa shape index (κ3) is 4.12. The summed E-state index contributed by atoms with van der Waals surface area (Å²) < 4.78 is 27.6. The van der Waals surface area contributed by atoms with E-state index in [1.807, 2.05) is 0 Å². The Morgan fingerprint density at radius 3 is 2.38 bits per heavy atom. The Morgan fingerprint density at radius 2 is 1.67 bits per heavy atom. The van der Waals surface area contributed by atoms with Gasteiger partial charge in [-0.05, 0) is 43.0 Å². The fourth-order valence-electron chi connectivity index (χ4n) is 2.22. The molecule has 0 atom stereocenters. The summed E-state index contributed by atoms with van der Waals surface area (Å²) in [5, 5.41) is 8.58. The second-order valence-electron chi connectivity index (χ2n) is 4.89. The highest BCUT2D eigenvalue weighted by molar-refractivity contribution is 5.66. The van der Waals surface area contributed by atoms with E-state index in [0.717, 1.165) is 5.56 Å². The molecule has 0 heterocycles. The predicted molar refractivity (Wildman–Crippen MR) is 77.0 cm³/mol. The summed E-state index contributed by atoms with van der Waals surface area (Å²) in [4.78, 5) is 10.4. The van der Waals surface area contributed by atoms with E-state index in [1.165, 1.54) is 12.1 Å². The smallest absolute Gasteiger partial charge is 0.303 e. The molecule has 0 spiro atoms. The van der Waals surface area contributed by atoms with E-state index in [4.69, 9.17) is 5.11 Å². The summed E-state index contributed by atoms with van der Waals surface area (Å²) in [7, 11) is 0. The fraction of sp³-hybridized carbons (Fsp3) is 0.235. The van der Waals surface area contributed by atoms with Gasteiger partial charge in [-0.15, -0.1) is 0 Å². The van der Waals surface area contributed by atoms with Crippen LogP contribution < -0.4 is 0 Å². The molecule has 2 nitrogen and oxygen atoms in total. The molecule has 0 amide bonds. The van der Waals surface area contributed by atoms with Gasteiger partial charge in [0.05, 0.1) is 0 Å². The second kappa shape index (κ2) is 6.97. The van der Waals surface area contributed by atoms with Gasteiger partial charge in [0.2, 0.25) is 0 Å². The number of hydrogen-bond acceptors (Lipinski definition) is 1. The largest absolute Gasteiger partial charge is 0.481 e. The topological polar surface area (TPSA) is 37.3 Å². The van der Waals surface area contributed by atoms with E-state index in [1.54, 1.807) is 30.3 Å². The van der Waals surface area contributed by atoms with Gasteiger partial charge in [-0.1, -0.05) is 24.3 Å². The number of aliphatic carboxylic acids is 1. The van der Waals surface area contributed by atoms with Crippen molar-refractivity contribution in [3.63, 3.8) is 0 Å². The fourth-order valence-corrected chi connectivity index (χ4v) is 2.22. The zero-order valence-electron chi connectivity index (χ0n) is 11.5. The van der Waals surface area contributed by atoms with Crippen molar-refractivity contribution in [3.8, 4) is 11.1 Å². The Hall–Kier alpha value is -2.23. The number of hydrogen-bond donors (Lipinski definition) is 1. The summed E-state index contributed by atoms with van der Waals surface area (Å²) in [5.74, 6) is -1.74. The summed E-state index contributed by atoms with van der Waals surface area (Å²) in [5.41, 5.74) is 1.35. The van der Waals surface area contributed by atoms with Crippen LogP contribution in [0.3, 0.4) is 0 Å². The van der Waals surface area contributed by atoms with Crippen LogP contribution in [-0.2, 0) is 11.2 Å². The maximum Gasteiger partial charge on any atom is 0.303 e. The number of benzene rings is 2. The SMILES string of the molecule is O=C(O)CCCCc1ccc(F)c(-c2ccccc2F)c1. The van der Waals surface area contributed by atoms with Gasteiger partial charge in [-0.3, -0.25) is 4.79 Å². The second-order valence-corrected chi connectivity index (χ2v) is 4.89. The zero-order valence-corrected chi connectivity index (χ0v) is 11.5. The highest BCUT2D eigenvalue weighted by atomic mass is 19.1. The Balaban J connectivity index is 2.14. The normalized spacial score (nSPS) is 10.6. The molecule has 0 aromatic heterocycles. The van der Waals surface area contributed by atoms with Crippen molar-refractivity contribution >= 4 is 5.97 Å². The number of halogens is 2. The van der Waals surface area contributed by atoms with Crippen molar-refractivity contribution in [2.75, 3.05) is 0 Å². The lowest BCUT2D eigenvalue weighted by atomic mass is 9.99. The van der Waals surface area contributed by atoms with Gasteiger partial charge < -0.3 is 5.11 Å². The quantitative estimate of drug-likeness (QED) is 0.799. The summed E-state index contributed by atoms with van der Waals surface area (Å²) in [6.45, 7) is 0. The van der Waals surface area contributed by atoms with Crippen molar-refractivity contribution in [1.29, 1.82) is 0 Å². The first-order chi connectivity index (χ1) is 10.1. The molecule has 1 N–H and O–H groups in total. The van der Waals surface area contributed by atoms with E-state index < -0.39 is 17.6 Å². The van der Waals surface area contributed by atoms with Gasteiger partial charge >= 0.3 is 5.97 Å². The van der Waals surface area contributed by atoms with Crippen LogP contribution in [-0.4, -0.2) is 11.1 Å². The molecule has 0 unspecified atom stereocenters. The minimum absolute atomic E-state index is 0.126. The molecule has 0 bridgehead atoms. The molecule has 110 valence electrons. The summed E-state index contributed by atoms with van der Waals surface area (Å²) >= 11 is 0. The van der Waals surface area contributed by atoms with Crippen LogP contribution in [0.5, 0.6) is 0 Å². The maximum atomic E-state index is 13.9. The minimum atomic E-state index is -0.818. The molecule has 2 aromatic rings. The van der Waals surface area contributed by atoms with Gasteiger partial charge in [0, 0.05) is 17.5 Å². The molecule has 2 rings (SSSR count). The van der Waals surface area contributed by atoms with Gasteiger partial charge in [0.15, 0.2) is 0 Å². The molecule has 4 heteroatoms. The van der Waals surface area contributed by atoms with E-state index in [0.29, 0.717) is 19.3 Å². The van der Waals surface area contributed by atoms with Crippen molar-refractivity contribution in [1.82, 2.24) is 0 Å². The average Bonchev–Trinajstić information content (AvgIpc) is 2.46. The Morgan fingerprint density at radius 1 is 0.952 bits per heavy atom. The molecular weight excluding hydrogens is 274 g/mol. The van der Waals surface area contributed by atoms with Crippen LogP contribution in [0, 0.1) is 11.6 Å². The van der Waals surface area contributed by atoms with Crippen molar-refractivity contribution in [3.05, 3.63) is 59.7 Å². The molecule has 2 aromatic carbocycles. The monoisotopic (exact) mass is 290 g/mol. The van der Waals surface area contributed by atoms with E-state index in [-0.39, 0.29) is 17.5 Å². The zero-order chi connectivity index (χ0) is 15.2. The first-order valence-corrected chi connectivity index (χ1v) is 6.83. The Kier molecular flexibility index (Phi) is 5.04. The van der Waals surface area contributed by atoms with E-state index in [9.17, 15) is 13.6 Å². The number of carboxylic acid groups (broad SMARTS) is 1. The Labute approximate surface area is 122 Å². The number of aryl methyl sites for hydroxylation is 1. The number of rotatable bonds is 6. The van der Waals surface area contributed by atoms with Crippen LogP contribution in [0.25, 0.3) is 11.1 Å². The third-order valence-electron chi connectivity index (χ3n) is 3.30. The van der Waals surface area contributed by atoms with Crippen molar-refractivity contribution in [2.45, 2.75) is 25.7 Å². The van der Waals surface area contributed by atoms with Gasteiger partial charge in [-0.2, -0.15) is 0 Å². The minimum Gasteiger partial charge on any atom is -0.481 e. The maximum absolute atomic E-state index is 13.9. The lowest BCUT2D eigenvalue weighted by Gasteiger charge is -2.08. The van der Waals surface area contributed by atoms with Gasteiger partial charge in [0.1, 0.15) is 11.6 Å². The van der Waals surface area contributed by atoms with E-state index >= 15 is 0 Å². The lowest BCUT2D eigenvalue weighted by Crippen LogP contribution is -1.96. The predicted octanol–water partition coefficient (Wildman–Crippen LogP) is 4.43. The first-order valence-electron chi connectivity index (χ1n) is 6.83. The summed E-state index contributed by atoms with van der Waals surface area (Å²) in [6.07, 6.45) is 2.05. The molecule has 0 saturated carbocycles. The average molecular weight is 290 g/mol. The number of carbonyl (C=O) groups is 1. The molecule has 0 radical (unpaired) electrons. The standard InChI is InChI=1S/C17H16F2O2/c18-15-7-3-2-6-13(15)14-11-12(9-10-16(14)19)5-1-4-8-17(20)21/h2-3,6-7,9-11H,1,4-5,8H2,(H,20,21). The van der Waals surface area contributed by atoms with Crippen LogP contribution in [0.2, 0.25) is 0 Å². The highest BCUT2D eigenvalue weighted by Crippen LogP contribution is 2.27. The first kappa shape index (κ1) is 15.2. The molecule has 0 aliphatic carbocycles. The van der Waals surface area contributed by atoms with E-state index in [2.05, 4.69) is 0 Å². The highest BCUT2D eigenvalue weighted by Gasteiger charge is 2.10. The van der Waals surface area contributed by atoms with Crippen molar-refractivity contribution in [2.24, 2.45) is 0 Å². The molecule has 0 aliphatic rings. The van der Waals surface area contributed by atoms with Crippen molar-refractivity contribution < 1.29 is 18.7 Å². The molecule has 0 fully saturated rings. The van der Waals surface area contributed by atoms with Crippen LogP contribution in [0.15, 0.2) is 42.5 Å². The summed E-state index contributed by atoms with van der Waals surface area (Å²) in [6, 6.07) is 10.7. The van der Waals surface area contributed by atoms with Crippen LogP contribution >= 0.6 is 0 Å². The number of unbranched alkanes of at least 4 members (excludes halogenated alkanes) is 1. The Bertz CT molecular complexity index is 638. The lowest BCUT2D eigenvalue weighted by molar-refractivity contribution is -0.137. The van der Waals surface area contributed by atoms with Gasteiger partial charge in [0.25, 0.3) is 0 Å². The third-order valence-corrected chi connectivity index (χ3v) is 3.30. The van der Waals surface area contributed by atoms with Gasteiger partial charge in [-0.25, -0.2) is 8.78 Å². The molecule has 0 saturated heterocycles. The van der Waals surface area contributed by atoms with Crippen LogP contribution in [0.1, 0.15) is 24.8 Å². The molecule has 21 heavy (non-hydrogen) atoms. The molecule has 0 aliphatic heterocycles. The van der Waals surface area contributed by atoms with Crippen LogP contribution in [0.4, 0.5) is 8.78 Å². The molecular formula is C17H16F2O2. The number of carboxylic acids is 1.